The van der Waals surface area contributed by atoms with E-state index in [1.807, 2.05) is 67.1 Å². The summed E-state index contributed by atoms with van der Waals surface area (Å²) in [6.07, 6.45) is 5.74. The van der Waals surface area contributed by atoms with E-state index in [-0.39, 0.29) is 0 Å². The Balaban J connectivity index is 0.000000289. The van der Waals surface area contributed by atoms with Crippen LogP contribution < -0.4 is 0 Å². The summed E-state index contributed by atoms with van der Waals surface area (Å²) in [5.41, 5.74) is 9.49. The Kier molecular flexibility index (Phi) is 16.3. The third-order valence-corrected chi connectivity index (χ3v) is 6.22. The van der Waals surface area contributed by atoms with E-state index in [4.69, 9.17) is 0 Å². The lowest BCUT2D eigenvalue weighted by molar-refractivity contribution is 1.21. The van der Waals surface area contributed by atoms with Gasteiger partial charge in [0, 0.05) is 40.4 Å². The molecule has 0 aliphatic carbocycles. The zero-order valence-electron chi connectivity index (χ0n) is 28.0. The Morgan fingerprint density at radius 3 is 1.67 bits per heavy atom. The fourth-order valence-electron chi connectivity index (χ4n) is 4.24. The molecule has 0 saturated heterocycles. The average Bonchev–Trinajstić information content (AvgIpc) is 3.03. The molecule has 42 heavy (non-hydrogen) atoms. The number of para-hydroxylation sites is 1. The second kappa shape index (κ2) is 19.1. The van der Waals surface area contributed by atoms with Crippen molar-refractivity contribution in [2.45, 2.75) is 83.1 Å². The summed E-state index contributed by atoms with van der Waals surface area (Å²) >= 11 is 0. The number of nitrogens with zero attached hydrogens (tertiary/aromatic N) is 3. The van der Waals surface area contributed by atoms with Crippen molar-refractivity contribution in [3.05, 3.63) is 125 Å². The van der Waals surface area contributed by atoms with Crippen LogP contribution in [0.2, 0.25) is 0 Å². The van der Waals surface area contributed by atoms with Gasteiger partial charge in [-0.15, -0.1) is 0 Å². The van der Waals surface area contributed by atoms with Crippen LogP contribution in [0.15, 0.2) is 91.4 Å². The van der Waals surface area contributed by atoms with Gasteiger partial charge in [0.05, 0.1) is 11.0 Å². The molecule has 3 heteroatoms. The van der Waals surface area contributed by atoms with E-state index < -0.39 is 0 Å². The first-order valence-corrected chi connectivity index (χ1v) is 15.3. The molecule has 0 N–H and O–H groups in total. The highest BCUT2D eigenvalue weighted by atomic mass is 14.7. The summed E-state index contributed by atoms with van der Waals surface area (Å²) in [5, 5.41) is 5.03. The van der Waals surface area contributed by atoms with Gasteiger partial charge in [0.25, 0.3) is 0 Å². The molecule has 6 aromatic rings. The SMILES string of the molecule is CC.CC.CC.Cc1cnc(C)c2ccccc12.Cc1cnc2c(C)cccc2c1.Cc1cnc2cc(C)ccc2c1. The van der Waals surface area contributed by atoms with E-state index >= 15 is 0 Å². The number of pyridine rings is 3. The normalized spacial score (nSPS) is 9.43. The quantitative estimate of drug-likeness (QED) is 0.185. The largest absolute Gasteiger partial charge is 0.261 e. The van der Waals surface area contributed by atoms with Crippen molar-refractivity contribution in [1.82, 2.24) is 15.0 Å². The van der Waals surface area contributed by atoms with Crippen molar-refractivity contribution in [3.63, 3.8) is 0 Å². The van der Waals surface area contributed by atoms with Crippen LogP contribution in [-0.2, 0) is 0 Å². The van der Waals surface area contributed by atoms with Crippen LogP contribution in [0.3, 0.4) is 0 Å². The molecule has 6 rings (SSSR count). The highest BCUT2D eigenvalue weighted by Gasteiger charge is 1.99. The first kappa shape index (κ1) is 35.9. The minimum absolute atomic E-state index is 1.08. The van der Waals surface area contributed by atoms with Crippen LogP contribution >= 0.6 is 0 Å². The van der Waals surface area contributed by atoms with E-state index in [0.717, 1.165) is 16.7 Å². The summed E-state index contributed by atoms with van der Waals surface area (Å²) in [6, 6.07) is 25.3. The molecule has 0 unspecified atom stereocenters. The maximum absolute atomic E-state index is 4.38. The number of fused-ring (bicyclic) bond motifs is 3. The summed E-state index contributed by atoms with van der Waals surface area (Å²) in [6.45, 7) is 24.4. The zero-order valence-corrected chi connectivity index (χ0v) is 28.0. The predicted molar refractivity (Wildman–Crippen MR) is 188 cm³/mol. The fourth-order valence-corrected chi connectivity index (χ4v) is 4.24. The molecule has 3 nitrogen and oxygen atoms in total. The molecule has 0 saturated carbocycles. The Labute approximate surface area is 255 Å². The Bertz CT molecular complexity index is 1570. The third-order valence-electron chi connectivity index (χ3n) is 6.22. The van der Waals surface area contributed by atoms with Gasteiger partial charge < -0.3 is 0 Å². The van der Waals surface area contributed by atoms with Gasteiger partial charge in [-0.25, -0.2) is 0 Å². The van der Waals surface area contributed by atoms with E-state index in [1.54, 1.807) is 0 Å². The minimum Gasteiger partial charge on any atom is -0.261 e. The van der Waals surface area contributed by atoms with Crippen LogP contribution in [0.5, 0.6) is 0 Å². The van der Waals surface area contributed by atoms with Crippen LogP contribution in [0.4, 0.5) is 0 Å². The molecular formula is C39H51N3. The lowest BCUT2D eigenvalue weighted by atomic mass is 10.1. The average molecular weight is 562 g/mol. The second-order valence-corrected chi connectivity index (χ2v) is 9.44. The van der Waals surface area contributed by atoms with Gasteiger partial charge in [-0.2, -0.15) is 0 Å². The highest BCUT2D eigenvalue weighted by Crippen LogP contribution is 2.19. The first-order chi connectivity index (χ1) is 20.3. The van der Waals surface area contributed by atoms with E-state index in [9.17, 15) is 0 Å². The van der Waals surface area contributed by atoms with Crippen molar-refractivity contribution in [2.24, 2.45) is 0 Å². The Morgan fingerprint density at radius 2 is 1.02 bits per heavy atom. The van der Waals surface area contributed by atoms with Gasteiger partial charge in [0.2, 0.25) is 0 Å². The Morgan fingerprint density at radius 1 is 0.429 bits per heavy atom. The van der Waals surface area contributed by atoms with E-state index in [1.165, 1.54) is 49.4 Å². The zero-order chi connectivity index (χ0) is 31.7. The Hall–Kier alpha value is -4.11. The highest BCUT2D eigenvalue weighted by molar-refractivity contribution is 5.87. The minimum atomic E-state index is 1.08. The predicted octanol–water partition coefficient (Wildman–Crippen LogP) is 11.6. The molecular weight excluding hydrogens is 510 g/mol. The molecule has 0 spiro atoms. The summed E-state index contributed by atoms with van der Waals surface area (Å²) in [4.78, 5) is 13.0. The molecule has 0 amide bonds. The van der Waals surface area contributed by atoms with Gasteiger partial charge >= 0.3 is 0 Å². The molecule has 0 aliphatic heterocycles. The molecule has 0 atom stereocenters. The van der Waals surface area contributed by atoms with Crippen molar-refractivity contribution in [3.8, 4) is 0 Å². The van der Waals surface area contributed by atoms with E-state index in [2.05, 4.69) is 122 Å². The van der Waals surface area contributed by atoms with Crippen LogP contribution in [0.25, 0.3) is 32.6 Å². The monoisotopic (exact) mass is 561 g/mol. The number of hydrogen-bond donors (Lipinski definition) is 0. The lowest BCUT2D eigenvalue weighted by Gasteiger charge is -2.02. The number of aryl methyl sites for hydroxylation is 6. The molecule has 3 heterocycles. The summed E-state index contributed by atoms with van der Waals surface area (Å²) < 4.78 is 0. The van der Waals surface area contributed by atoms with Crippen molar-refractivity contribution in [1.29, 1.82) is 0 Å². The van der Waals surface area contributed by atoms with Crippen LogP contribution in [0.1, 0.15) is 75.1 Å². The number of hydrogen-bond acceptors (Lipinski definition) is 3. The van der Waals surface area contributed by atoms with Gasteiger partial charge in [0.1, 0.15) is 0 Å². The standard InChI is InChI=1S/3C11H11N.3C2H6/c1-8-3-4-10-5-9(2)7-12-11(10)6-8;1-8-6-10-5-3-4-9(2)11(10)12-7-8;1-8-7-12-9(2)11-6-4-3-5-10(8)11;3*1-2/h3*3-7H,1-2H3;3*1-2H3. The number of rotatable bonds is 0. The fraction of sp³-hybridized carbons (Fsp3) is 0.308. The van der Waals surface area contributed by atoms with Crippen LogP contribution in [-0.4, -0.2) is 15.0 Å². The second-order valence-electron chi connectivity index (χ2n) is 9.44. The molecule has 222 valence electrons. The lowest BCUT2D eigenvalue weighted by Crippen LogP contribution is -1.86. The molecule has 3 aromatic carbocycles. The van der Waals surface area contributed by atoms with Crippen molar-refractivity contribution < 1.29 is 0 Å². The number of benzene rings is 3. The smallest absolute Gasteiger partial charge is 0.0731 e. The maximum Gasteiger partial charge on any atom is 0.0731 e. The van der Waals surface area contributed by atoms with Gasteiger partial charge in [-0.3, -0.25) is 15.0 Å². The summed E-state index contributed by atoms with van der Waals surface area (Å²) in [5.74, 6) is 0. The van der Waals surface area contributed by atoms with Crippen molar-refractivity contribution >= 4 is 32.6 Å². The molecule has 3 aromatic heterocycles. The summed E-state index contributed by atoms with van der Waals surface area (Å²) in [7, 11) is 0. The topological polar surface area (TPSA) is 38.7 Å². The van der Waals surface area contributed by atoms with Gasteiger partial charge in [-0.05, 0) is 92.9 Å². The van der Waals surface area contributed by atoms with Crippen LogP contribution in [0, 0.1) is 41.5 Å². The molecule has 0 bridgehead atoms. The molecule has 0 aliphatic rings. The van der Waals surface area contributed by atoms with Gasteiger partial charge in [-0.1, -0.05) is 96.1 Å². The van der Waals surface area contributed by atoms with Gasteiger partial charge in [0.15, 0.2) is 0 Å². The molecule has 0 fully saturated rings. The van der Waals surface area contributed by atoms with Crippen molar-refractivity contribution in [2.75, 3.05) is 0 Å². The maximum atomic E-state index is 4.38. The third kappa shape index (κ3) is 10.4. The first-order valence-electron chi connectivity index (χ1n) is 15.3. The number of aromatic nitrogens is 3. The molecule has 0 radical (unpaired) electrons. The van der Waals surface area contributed by atoms with E-state index in [0.29, 0.717) is 0 Å².